The molecular formula is C11H25NS. The Balaban J connectivity index is 3.21. The Morgan fingerprint density at radius 1 is 1.23 bits per heavy atom. The largest absolute Gasteiger partial charge is 0.314 e. The zero-order valence-corrected chi connectivity index (χ0v) is 10.4. The molecule has 0 saturated carbocycles. The van der Waals surface area contributed by atoms with Crippen LogP contribution in [0.4, 0.5) is 0 Å². The number of thioether (sulfide) groups is 1. The molecule has 1 nitrogen and oxygen atoms in total. The third-order valence-corrected chi connectivity index (χ3v) is 3.44. The summed E-state index contributed by atoms with van der Waals surface area (Å²) in [6, 6.07) is 0.680. The molecule has 0 spiro atoms. The van der Waals surface area contributed by atoms with E-state index < -0.39 is 0 Å². The van der Waals surface area contributed by atoms with E-state index in [0.29, 0.717) is 6.04 Å². The molecule has 0 saturated heterocycles. The maximum atomic E-state index is 3.58. The summed E-state index contributed by atoms with van der Waals surface area (Å²) in [6.07, 6.45) is 6.12. The molecule has 80 valence electrons. The summed E-state index contributed by atoms with van der Waals surface area (Å²) < 4.78 is 0. The molecule has 0 aliphatic rings. The summed E-state index contributed by atoms with van der Waals surface area (Å²) in [5.74, 6) is 2.11. The van der Waals surface area contributed by atoms with Crippen molar-refractivity contribution >= 4 is 11.8 Å². The van der Waals surface area contributed by atoms with E-state index in [0.717, 1.165) is 5.92 Å². The average Bonchev–Trinajstić information content (AvgIpc) is 2.16. The summed E-state index contributed by atoms with van der Waals surface area (Å²) in [5, 5.41) is 3.58. The van der Waals surface area contributed by atoms with Crippen molar-refractivity contribution in [2.24, 2.45) is 5.92 Å². The molecule has 0 aromatic rings. The maximum Gasteiger partial charge on any atom is 0.00642 e. The lowest BCUT2D eigenvalue weighted by molar-refractivity contribution is 0.389. The van der Waals surface area contributed by atoms with Crippen molar-refractivity contribution in [3.63, 3.8) is 0 Å². The third kappa shape index (κ3) is 7.39. The molecule has 2 atom stereocenters. The Labute approximate surface area is 88.1 Å². The average molecular weight is 203 g/mol. The Morgan fingerprint density at radius 3 is 2.46 bits per heavy atom. The molecule has 0 aliphatic heterocycles. The fourth-order valence-electron chi connectivity index (χ4n) is 1.26. The smallest absolute Gasteiger partial charge is 0.00642 e. The molecule has 0 aromatic carbocycles. The number of rotatable bonds is 8. The molecule has 1 N–H and O–H groups in total. The first-order valence-corrected chi connectivity index (χ1v) is 6.84. The van der Waals surface area contributed by atoms with E-state index in [1.165, 1.54) is 31.6 Å². The minimum absolute atomic E-state index is 0.680. The first kappa shape index (κ1) is 13.3. The van der Waals surface area contributed by atoms with Gasteiger partial charge in [-0.15, -0.1) is 0 Å². The van der Waals surface area contributed by atoms with Gasteiger partial charge in [-0.25, -0.2) is 0 Å². The standard InChI is InChI=1S/C11H25NS/c1-5-10(2)11(3)12-8-6-7-9-13-4/h10-12H,5-9H2,1-4H3. The van der Waals surface area contributed by atoms with E-state index in [9.17, 15) is 0 Å². The van der Waals surface area contributed by atoms with Crippen LogP contribution in [0.5, 0.6) is 0 Å². The van der Waals surface area contributed by atoms with Crippen LogP contribution >= 0.6 is 11.8 Å². The molecule has 0 aromatic heterocycles. The lowest BCUT2D eigenvalue weighted by Crippen LogP contribution is -2.32. The van der Waals surface area contributed by atoms with E-state index in [1.807, 2.05) is 11.8 Å². The summed E-state index contributed by atoms with van der Waals surface area (Å²) in [5.41, 5.74) is 0. The fourth-order valence-corrected chi connectivity index (χ4v) is 1.75. The van der Waals surface area contributed by atoms with Gasteiger partial charge in [0.2, 0.25) is 0 Å². The molecular weight excluding hydrogens is 178 g/mol. The van der Waals surface area contributed by atoms with Crippen molar-refractivity contribution in [3.05, 3.63) is 0 Å². The summed E-state index contributed by atoms with van der Waals surface area (Å²) >= 11 is 1.94. The summed E-state index contributed by atoms with van der Waals surface area (Å²) in [4.78, 5) is 0. The van der Waals surface area contributed by atoms with Gasteiger partial charge in [0.25, 0.3) is 0 Å². The predicted molar refractivity (Wildman–Crippen MR) is 64.5 cm³/mol. The first-order valence-electron chi connectivity index (χ1n) is 5.44. The third-order valence-electron chi connectivity index (χ3n) is 2.74. The number of nitrogens with one attached hydrogen (secondary N) is 1. The van der Waals surface area contributed by atoms with E-state index in [2.05, 4.69) is 32.3 Å². The second-order valence-electron chi connectivity index (χ2n) is 3.83. The van der Waals surface area contributed by atoms with Gasteiger partial charge in [-0.2, -0.15) is 11.8 Å². The van der Waals surface area contributed by atoms with Gasteiger partial charge in [-0.05, 0) is 44.2 Å². The molecule has 0 rings (SSSR count). The van der Waals surface area contributed by atoms with Crippen LogP contribution in [0.15, 0.2) is 0 Å². The molecule has 2 unspecified atom stereocenters. The Kier molecular flexibility index (Phi) is 9.10. The lowest BCUT2D eigenvalue weighted by Gasteiger charge is -2.19. The van der Waals surface area contributed by atoms with Crippen LogP contribution in [0, 0.1) is 5.92 Å². The second kappa shape index (κ2) is 8.89. The van der Waals surface area contributed by atoms with Gasteiger partial charge in [0, 0.05) is 6.04 Å². The van der Waals surface area contributed by atoms with Crippen LogP contribution in [0.25, 0.3) is 0 Å². The number of hydrogen-bond acceptors (Lipinski definition) is 2. The Bertz CT molecular complexity index is 106. The Hall–Kier alpha value is 0.310. The molecule has 0 fully saturated rings. The molecule has 0 radical (unpaired) electrons. The van der Waals surface area contributed by atoms with Gasteiger partial charge in [0.05, 0.1) is 0 Å². The van der Waals surface area contributed by atoms with E-state index in [1.54, 1.807) is 0 Å². The monoisotopic (exact) mass is 203 g/mol. The number of hydrogen-bond donors (Lipinski definition) is 1. The maximum absolute atomic E-state index is 3.58. The molecule has 0 amide bonds. The van der Waals surface area contributed by atoms with Crippen LogP contribution < -0.4 is 5.32 Å². The highest BCUT2D eigenvalue weighted by Crippen LogP contribution is 2.06. The van der Waals surface area contributed by atoms with Crippen LogP contribution in [0.2, 0.25) is 0 Å². The molecule has 0 heterocycles. The van der Waals surface area contributed by atoms with Gasteiger partial charge < -0.3 is 5.32 Å². The number of unbranched alkanes of at least 4 members (excludes halogenated alkanes) is 1. The Morgan fingerprint density at radius 2 is 1.92 bits per heavy atom. The van der Waals surface area contributed by atoms with Crippen molar-refractivity contribution in [2.45, 2.75) is 46.1 Å². The van der Waals surface area contributed by atoms with Crippen LogP contribution in [0.1, 0.15) is 40.0 Å². The topological polar surface area (TPSA) is 12.0 Å². The van der Waals surface area contributed by atoms with Crippen LogP contribution in [0.3, 0.4) is 0 Å². The van der Waals surface area contributed by atoms with Crippen molar-refractivity contribution < 1.29 is 0 Å². The highest BCUT2D eigenvalue weighted by Gasteiger charge is 2.07. The fraction of sp³-hybridized carbons (Fsp3) is 1.00. The van der Waals surface area contributed by atoms with Crippen molar-refractivity contribution in [1.29, 1.82) is 0 Å². The van der Waals surface area contributed by atoms with Gasteiger partial charge in [0.1, 0.15) is 0 Å². The zero-order valence-electron chi connectivity index (χ0n) is 9.60. The normalized spacial score (nSPS) is 15.7. The van der Waals surface area contributed by atoms with E-state index >= 15 is 0 Å². The summed E-state index contributed by atoms with van der Waals surface area (Å²) in [6.45, 7) is 8.06. The molecule has 0 bridgehead atoms. The van der Waals surface area contributed by atoms with Crippen molar-refractivity contribution in [1.82, 2.24) is 5.32 Å². The predicted octanol–water partition coefficient (Wildman–Crippen LogP) is 3.15. The quantitative estimate of drug-likeness (QED) is 0.608. The van der Waals surface area contributed by atoms with Crippen LogP contribution in [-0.4, -0.2) is 24.6 Å². The minimum atomic E-state index is 0.680. The first-order chi connectivity index (χ1) is 6.22. The highest BCUT2D eigenvalue weighted by molar-refractivity contribution is 7.98. The van der Waals surface area contributed by atoms with Gasteiger partial charge in [-0.1, -0.05) is 20.3 Å². The van der Waals surface area contributed by atoms with Crippen LogP contribution in [-0.2, 0) is 0 Å². The van der Waals surface area contributed by atoms with Crippen molar-refractivity contribution in [2.75, 3.05) is 18.6 Å². The summed E-state index contributed by atoms with van der Waals surface area (Å²) in [7, 11) is 0. The van der Waals surface area contributed by atoms with Gasteiger partial charge in [-0.3, -0.25) is 0 Å². The second-order valence-corrected chi connectivity index (χ2v) is 4.81. The van der Waals surface area contributed by atoms with E-state index in [-0.39, 0.29) is 0 Å². The minimum Gasteiger partial charge on any atom is -0.314 e. The highest BCUT2D eigenvalue weighted by atomic mass is 32.2. The zero-order chi connectivity index (χ0) is 10.1. The van der Waals surface area contributed by atoms with E-state index in [4.69, 9.17) is 0 Å². The molecule has 13 heavy (non-hydrogen) atoms. The SMILES string of the molecule is CCC(C)C(C)NCCCCSC. The lowest BCUT2D eigenvalue weighted by atomic mass is 10.0. The molecule has 0 aliphatic carbocycles. The molecule has 2 heteroatoms. The van der Waals surface area contributed by atoms with Crippen molar-refractivity contribution in [3.8, 4) is 0 Å². The van der Waals surface area contributed by atoms with Gasteiger partial charge in [0.15, 0.2) is 0 Å². The van der Waals surface area contributed by atoms with Gasteiger partial charge >= 0.3 is 0 Å².